The van der Waals surface area contributed by atoms with Gasteiger partial charge in [0.25, 0.3) is 5.56 Å². The van der Waals surface area contributed by atoms with E-state index in [1.54, 1.807) is 11.1 Å². The maximum atomic E-state index is 12.7. The third-order valence-corrected chi connectivity index (χ3v) is 4.19. The largest absolute Gasteiger partial charge is 0.322 e. The van der Waals surface area contributed by atoms with Gasteiger partial charge in [0.2, 0.25) is 0 Å². The second-order valence-corrected chi connectivity index (χ2v) is 6.55. The number of amides is 2. The molecule has 0 bridgehead atoms. The number of carbonyl (C=O) groups is 1. The van der Waals surface area contributed by atoms with Crippen molar-refractivity contribution in [2.45, 2.75) is 33.4 Å². The molecule has 2 aromatic heterocycles. The lowest BCUT2D eigenvalue weighted by molar-refractivity contribution is 0.193. The lowest BCUT2D eigenvalue weighted by atomic mass is 10.2. The van der Waals surface area contributed by atoms with Crippen LogP contribution in [0, 0.1) is 6.92 Å². The van der Waals surface area contributed by atoms with Crippen LogP contribution in [0.1, 0.15) is 25.0 Å². The fourth-order valence-corrected chi connectivity index (χ4v) is 2.72. The van der Waals surface area contributed by atoms with Crippen molar-refractivity contribution in [3.05, 3.63) is 76.3 Å². The number of hydrogen-bond donors (Lipinski definition) is 1. The standard InChI is InChI=1S/C20H22N4O2/c1-14(2)24(13-16-7-5-4-6-8-16)20(26)22-17-12-21-18-11-15(3)9-10-23(18)19(17)25/h4-12,14H,13H2,1-3H3,(H,22,26). The first kappa shape index (κ1) is 17.7. The Balaban J connectivity index is 1.85. The summed E-state index contributed by atoms with van der Waals surface area (Å²) in [6.07, 6.45) is 3.08. The van der Waals surface area contributed by atoms with E-state index in [0.717, 1.165) is 11.1 Å². The van der Waals surface area contributed by atoms with E-state index in [-0.39, 0.29) is 23.3 Å². The predicted octanol–water partition coefficient (Wildman–Crippen LogP) is 3.45. The Hall–Kier alpha value is -3.15. The molecule has 134 valence electrons. The van der Waals surface area contributed by atoms with Crippen molar-refractivity contribution in [3.8, 4) is 0 Å². The number of carbonyl (C=O) groups excluding carboxylic acids is 1. The topological polar surface area (TPSA) is 66.7 Å². The number of urea groups is 1. The van der Waals surface area contributed by atoms with Crippen molar-refractivity contribution < 1.29 is 4.79 Å². The van der Waals surface area contributed by atoms with E-state index in [1.165, 1.54) is 10.6 Å². The van der Waals surface area contributed by atoms with Gasteiger partial charge in [-0.05, 0) is 44.0 Å². The van der Waals surface area contributed by atoms with Crippen molar-refractivity contribution in [1.29, 1.82) is 0 Å². The number of aryl methyl sites for hydroxylation is 1. The number of aromatic nitrogens is 2. The Bertz CT molecular complexity index is 980. The Morgan fingerprint density at radius 3 is 2.65 bits per heavy atom. The van der Waals surface area contributed by atoms with Gasteiger partial charge in [0, 0.05) is 18.8 Å². The zero-order valence-electron chi connectivity index (χ0n) is 15.1. The third kappa shape index (κ3) is 3.74. The summed E-state index contributed by atoms with van der Waals surface area (Å²) < 4.78 is 1.43. The summed E-state index contributed by atoms with van der Waals surface area (Å²) in [6, 6.07) is 13.1. The molecular formula is C20H22N4O2. The van der Waals surface area contributed by atoms with Crippen molar-refractivity contribution in [2.24, 2.45) is 0 Å². The monoisotopic (exact) mass is 350 g/mol. The van der Waals surface area contributed by atoms with Gasteiger partial charge in [0.05, 0.1) is 6.20 Å². The molecule has 0 aliphatic heterocycles. The molecule has 1 aromatic carbocycles. The minimum absolute atomic E-state index is 0.0194. The van der Waals surface area contributed by atoms with E-state index in [2.05, 4.69) is 10.3 Å². The summed E-state index contributed by atoms with van der Waals surface area (Å²) in [6.45, 7) is 6.28. The number of benzene rings is 1. The van der Waals surface area contributed by atoms with Crippen molar-refractivity contribution in [3.63, 3.8) is 0 Å². The van der Waals surface area contributed by atoms with Gasteiger partial charge in [-0.2, -0.15) is 0 Å². The average Bonchev–Trinajstić information content (AvgIpc) is 2.62. The zero-order chi connectivity index (χ0) is 18.7. The first-order chi connectivity index (χ1) is 12.5. The summed E-state index contributed by atoms with van der Waals surface area (Å²) in [5.41, 5.74) is 2.46. The van der Waals surface area contributed by atoms with Crippen LogP contribution < -0.4 is 10.9 Å². The molecular weight excluding hydrogens is 328 g/mol. The smallest absolute Gasteiger partial charge is 0.318 e. The predicted molar refractivity (Wildman–Crippen MR) is 102 cm³/mol. The minimum atomic E-state index is -0.324. The molecule has 1 N–H and O–H groups in total. The molecule has 2 heterocycles. The average molecular weight is 350 g/mol. The third-order valence-electron chi connectivity index (χ3n) is 4.19. The summed E-state index contributed by atoms with van der Waals surface area (Å²) in [4.78, 5) is 31.3. The molecule has 0 saturated carbocycles. The highest BCUT2D eigenvalue weighted by atomic mass is 16.2. The van der Waals surface area contributed by atoms with Crippen LogP contribution in [-0.4, -0.2) is 26.4 Å². The highest BCUT2D eigenvalue weighted by Crippen LogP contribution is 2.11. The molecule has 0 radical (unpaired) electrons. The molecule has 0 saturated heterocycles. The van der Waals surface area contributed by atoms with E-state index in [0.29, 0.717) is 12.2 Å². The molecule has 6 heteroatoms. The minimum Gasteiger partial charge on any atom is -0.318 e. The summed E-state index contributed by atoms with van der Waals surface area (Å²) >= 11 is 0. The molecule has 6 nitrogen and oxygen atoms in total. The van der Waals surface area contributed by atoms with Crippen LogP contribution in [0.4, 0.5) is 10.5 Å². The molecule has 0 aliphatic rings. The maximum absolute atomic E-state index is 12.7. The highest BCUT2D eigenvalue weighted by molar-refractivity contribution is 5.89. The molecule has 0 fully saturated rings. The number of rotatable bonds is 4. The maximum Gasteiger partial charge on any atom is 0.322 e. The normalized spacial score (nSPS) is 10.9. The van der Waals surface area contributed by atoms with Crippen molar-refractivity contribution in [2.75, 3.05) is 5.32 Å². The Labute approximate surface area is 152 Å². The summed E-state index contributed by atoms with van der Waals surface area (Å²) in [7, 11) is 0. The van der Waals surface area contributed by atoms with E-state index in [9.17, 15) is 9.59 Å². The van der Waals surface area contributed by atoms with Crippen LogP contribution >= 0.6 is 0 Å². The fourth-order valence-electron chi connectivity index (χ4n) is 2.72. The molecule has 3 aromatic rings. The summed E-state index contributed by atoms with van der Waals surface area (Å²) in [5.74, 6) is 0. The van der Waals surface area contributed by atoms with Crippen LogP contribution in [0.2, 0.25) is 0 Å². The number of anilines is 1. The Morgan fingerprint density at radius 1 is 1.23 bits per heavy atom. The second-order valence-electron chi connectivity index (χ2n) is 6.55. The molecule has 26 heavy (non-hydrogen) atoms. The van der Waals surface area contributed by atoms with Gasteiger partial charge < -0.3 is 10.2 Å². The number of hydrogen-bond acceptors (Lipinski definition) is 3. The number of nitrogens with zero attached hydrogens (tertiary/aromatic N) is 3. The van der Waals surface area contributed by atoms with E-state index in [4.69, 9.17) is 0 Å². The SMILES string of the molecule is Cc1ccn2c(=O)c(NC(=O)N(Cc3ccccc3)C(C)C)cnc2c1. The van der Waals surface area contributed by atoms with Crippen molar-refractivity contribution >= 4 is 17.4 Å². The van der Waals surface area contributed by atoms with Gasteiger partial charge in [0.15, 0.2) is 0 Å². The van der Waals surface area contributed by atoms with Crippen LogP contribution in [0.15, 0.2) is 59.7 Å². The molecule has 3 rings (SSSR count). The molecule has 2 amide bonds. The molecule has 0 atom stereocenters. The lowest BCUT2D eigenvalue weighted by Gasteiger charge is -2.27. The molecule has 0 aliphatic carbocycles. The Morgan fingerprint density at radius 2 is 1.96 bits per heavy atom. The first-order valence-electron chi connectivity index (χ1n) is 8.55. The fraction of sp³-hybridized carbons (Fsp3) is 0.250. The van der Waals surface area contributed by atoms with Crippen LogP contribution in [0.25, 0.3) is 5.65 Å². The van der Waals surface area contributed by atoms with Crippen molar-refractivity contribution in [1.82, 2.24) is 14.3 Å². The molecule has 0 spiro atoms. The van der Waals surface area contributed by atoms with E-state index >= 15 is 0 Å². The zero-order valence-corrected chi connectivity index (χ0v) is 15.1. The van der Waals surface area contributed by atoms with Crippen LogP contribution in [-0.2, 0) is 6.54 Å². The van der Waals surface area contributed by atoms with Gasteiger partial charge in [-0.15, -0.1) is 0 Å². The lowest BCUT2D eigenvalue weighted by Crippen LogP contribution is -2.40. The van der Waals surface area contributed by atoms with E-state index in [1.807, 2.05) is 63.2 Å². The summed E-state index contributed by atoms with van der Waals surface area (Å²) in [5, 5.41) is 2.71. The number of pyridine rings is 1. The van der Waals surface area contributed by atoms with Gasteiger partial charge >= 0.3 is 6.03 Å². The quantitative estimate of drug-likeness (QED) is 0.784. The second kappa shape index (κ2) is 7.39. The number of fused-ring (bicyclic) bond motifs is 1. The van der Waals surface area contributed by atoms with Crippen LogP contribution in [0.3, 0.4) is 0 Å². The molecule has 0 unspecified atom stereocenters. The highest BCUT2D eigenvalue weighted by Gasteiger charge is 2.19. The van der Waals surface area contributed by atoms with E-state index < -0.39 is 0 Å². The first-order valence-corrected chi connectivity index (χ1v) is 8.55. The number of nitrogens with one attached hydrogen (secondary N) is 1. The van der Waals surface area contributed by atoms with Gasteiger partial charge in [-0.3, -0.25) is 9.20 Å². The Kier molecular flexibility index (Phi) is 5.02. The van der Waals surface area contributed by atoms with Gasteiger partial charge in [0.1, 0.15) is 11.3 Å². The van der Waals surface area contributed by atoms with Crippen LogP contribution in [0.5, 0.6) is 0 Å². The van der Waals surface area contributed by atoms with Gasteiger partial charge in [-0.1, -0.05) is 30.3 Å². The van der Waals surface area contributed by atoms with Gasteiger partial charge in [-0.25, -0.2) is 9.78 Å².